The smallest absolute Gasteiger partial charge is 0.262 e. The van der Waals surface area contributed by atoms with Crippen molar-refractivity contribution in [3.8, 4) is 11.8 Å². The number of nitrogens with two attached hydrogens (primary N) is 1. The van der Waals surface area contributed by atoms with Crippen molar-refractivity contribution < 1.29 is 4.79 Å². The van der Waals surface area contributed by atoms with Crippen molar-refractivity contribution in [2.45, 2.75) is 33.7 Å². The number of thiophene rings is 1. The molecule has 0 aliphatic carbocycles. The Morgan fingerprint density at radius 1 is 1.56 bits per heavy atom. The Hall–Kier alpha value is -1.31. The average molecular weight is 264 g/mol. The van der Waals surface area contributed by atoms with E-state index in [0.717, 1.165) is 5.56 Å². The minimum Gasteiger partial charge on any atom is -0.348 e. The molecule has 0 fully saturated rings. The summed E-state index contributed by atoms with van der Waals surface area (Å²) in [4.78, 5) is 12.8. The summed E-state index contributed by atoms with van der Waals surface area (Å²) in [6.07, 6.45) is 0. The van der Waals surface area contributed by atoms with E-state index in [9.17, 15) is 4.79 Å². The summed E-state index contributed by atoms with van der Waals surface area (Å²) in [5.41, 5.74) is 6.13. The topological polar surface area (TPSA) is 55.1 Å². The van der Waals surface area contributed by atoms with Gasteiger partial charge in [0, 0.05) is 11.6 Å². The molecule has 1 aromatic rings. The van der Waals surface area contributed by atoms with E-state index in [0.29, 0.717) is 11.4 Å². The minimum absolute atomic E-state index is 0.0377. The van der Waals surface area contributed by atoms with Gasteiger partial charge in [0.2, 0.25) is 0 Å². The van der Waals surface area contributed by atoms with Gasteiger partial charge < -0.3 is 11.1 Å². The Kier molecular flexibility index (Phi) is 4.94. The normalized spacial score (nSPS) is 12.5. The number of rotatable bonds is 2. The van der Waals surface area contributed by atoms with E-state index >= 15 is 0 Å². The lowest BCUT2D eigenvalue weighted by molar-refractivity contribution is 0.0914. The predicted octanol–water partition coefficient (Wildman–Crippen LogP) is 2.22. The van der Waals surface area contributed by atoms with Crippen LogP contribution in [-0.4, -0.2) is 18.5 Å². The molecule has 1 atom stereocenters. The zero-order valence-corrected chi connectivity index (χ0v) is 12.1. The Morgan fingerprint density at radius 3 is 2.78 bits per heavy atom. The summed E-state index contributed by atoms with van der Waals surface area (Å²) in [5.74, 6) is 5.63. The van der Waals surface area contributed by atoms with Gasteiger partial charge in [-0.05, 0) is 23.8 Å². The Labute approximate surface area is 113 Å². The summed E-state index contributed by atoms with van der Waals surface area (Å²) in [7, 11) is 0. The van der Waals surface area contributed by atoms with Crippen LogP contribution in [0.2, 0.25) is 0 Å². The fraction of sp³-hybridized carbons (Fsp3) is 0.500. The van der Waals surface area contributed by atoms with E-state index in [2.05, 4.69) is 37.9 Å². The van der Waals surface area contributed by atoms with Crippen LogP contribution in [0.1, 0.15) is 42.9 Å². The molecule has 3 nitrogen and oxygen atoms in total. The maximum atomic E-state index is 12.1. The molecule has 1 unspecified atom stereocenters. The maximum absolute atomic E-state index is 12.1. The zero-order chi connectivity index (χ0) is 13.8. The van der Waals surface area contributed by atoms with Gasteiger partial charge in [-0.1, -0.05) is 32.6 Å². The van der Waals surface area contributed by atoms with Crippen molar-refractivity contribution in [1.82, 2.24) is 5.32 Å². The van der Waals surface area contributed by atoms with Gasteiger partial charge in [-0.3, -0.25) is 4.79 Å². The fourth-order valence-corrected chi connectivity index (χ4v) is 1.96. The quantitative estimate of drug-likeness (QED) is 0.805. The first-order valence-electron chi connectivity index (χ1n) is 5.93. The Morgan fingerprint density at radius 2 is 2.22 bits per heavy atom. The molecule has 0 aromatic carbocycles. The highest BCUT2D eigenvalue weighted by Gasteiger charge is 2.23. The van der Waals surface area contributed by atoms with Crippen LogP contribution >= 0.6 is 11.3 Å². The van der Waals surface area contributed by atoms with Gasteiger partial charge in [0.15, 0.2) is 0 Å². The van der Waals surface area contributed by atoms with Gasteiger partial charge in [-0.2, -0.15) is 0 Å². The van der Waals surface area contributed by atoms with Crippen LogP contribution in [0.25, 0.3) is 0 Å². The third-order valence-electron chi connectivity index (χ3n) is 2.84. The maximum Gasteiger partial charge on any atom is 0.262 e. The first-order valence-corrected chi connectivity index (χ1v) is 6.81. The highest BCUT2D eigenvalue weighted by atomic mass is 32.1. The summed E-state index contributed by atoms with van der Waals surface area (Å²) in [6.45, 7) is 8.61. The summed E-state index contributed by atoms with van der Waals surface area (Å²) >= 11 is 1.41. The van der Waals surface area contributed by atoms with Crippen molar-refractivity contribution in [2.75, 3.05) is 6.54 Å². The van der Waals surface area contributed by atoms with E-state index in [1.165, 1.54) is 11.3 Å². The molecule has 1 heterocycles. The van der Waals surface area contributed by atoms with E-state index < -0.39 is 0 Å². The summed E-state index contributed by atoms with van der Waals surface area (Å²) in [5, 5.41) is 4.88. The number of hydrogen-bond donors (Lipinski definition) is 2. The van der Waals surface area contributed by atoms with Crippen molar-refractivity contribution in [3.05, 3.63) is 21.9 Å². The molecule has 0 aliphatic heterocycles. The van der Waals surface area contributed by atoms with E-state index in [1.807, 2.05) is 18.4 Å². The van der Waals surface area contributed by atoms with Crippen LogP contribution in [0, 0.1) is 17.3 Å². The number of amides is 1. The molecule has 3 N–H and O–H groups in total. The van der Waals surface area contributed by atoms with Crippen molar-refractivity contribution in [1.29, 1.82) is 0 Å². The Balaban J connectivity index is 2.82. The van der Waals surface area contributed by atoms with Gasteiger partial charge in [-0.15, -0.1) is 11.3 Å². The molecule has 0 radical (unpaired) electrons. The Bertz CT molecular complexity index is 474. The van der Waals surface area contributed by atoms with Crippen molar-refractivity contribution in [3.63, 3.8) is 0 Å². The van der Waals surface area contributed by atoms with E-state index in [-0.39, 0.29) is 17.4 Å². The van der Waals surface area contributed by atoms with Crippen molar-refractivity contribution in [2.24, 2.45) is 11.1 Å². The number of carbonyl (C=O) groups is 1. The molecule has 1 aromatic heterocycles. The molecular formula is C14H20N2OS. The summed E-state index contributed by atoms with van der Waals surface area (Å²) in [6, 6.07) is 1.95. The lowest BCUT2D eigenvalue weighted by Gasteiger charge is -2.27. The number of hydrogen-bond acceptors (Lipinski definition) is 3. The highest BCUT2D eigenvalue weighted by molar-refractivity contribution is 7.12. The van der Waals surface area contributed by atoms with Gasteiger partial charge in [-0.25, -0.2) is 0 Å². The first kappa shape index (κ1) is 14.7. The van der Waals surface area contributed by atoms with Gasteiger partial charge >= 0.3 is 0 Å². The van der Waals surface area contributed by atoms with Gasteiger partial charge in [0.25, 0.3) is 5.91 Å². The van der Waals surface area contributed by atoms with Crippen LogP contribution in [0.3, 0.4) is 0 Å². The molecule has 0 bridgehead atoms. The third-order valence-corrected chi connectivity index (χ3v) is 3.76. The highest BCUT2D eigenvalue weighted by Crippen LogP contribution is 2.21. The molecule has 0 aliphatic rings. The van der Waals surface area contributed by atoms with Crippen LogP contribution in [0.5, 0.6) is 0 Å². The van der Waals surface area contributed by atoms with Gasteiger partial charge in [0.1, 0.15) is 4.88 Å². The molecule has 98 valence electrons. The van der Waals surface area contributed by atoms with E-state index in [1.54, 1.807) is 0 Å². The molecule has 1 amide bonds. The van der Waals surface area contributed by atoms with Crippen LogP contribution in [0.4, 0.5) is 0 Å². The van der Waals surface area contributed by atoms with E-state index in [4.69, 9.17) is 5.73 Å². The molecule has 0 spiro atoms. The minimum atomic E-state index is -0.0613. The third kappa shape index (κ3) is 3.86. The zero-order valence-electron chi connectivity index (χ0n) is 11.3. The fourth-order valence-electron chi connectivity index (χ4n) is 1.21. The standard InChI is InChI=1S/C14H20N2OS/c1-10(14(2,3)4)16-13(17)12-11(6-5-8-15)7-9-18-12/h7,9-10H,8,15H2,1-4H3,(H,16,17). The molecule has 18 heavy (non-hydrogen) atoms. The lowest BCUT2D eigenvalue weighted by atomic mass is 9.88. The van der Waals surface area contributed by atoms with Gasteiger partial charge in [0.05, 0.1) is 6.54 Å². The lowest BCUT2D eigenvalue weighted by Crippen LogP contribution is -2.41. The SMILES string of the molecule is CC(NC(=O)c1sccc1C#CCN)C(C)(C)C. The summed E-state index contributed by atoms with van der Waals surface area (Å²) < 4.78 is 0. The second-order valence-corrected chi connectivity index (χ2v) is 6.15. The molecular weight excluding hydrogens is 244 g/mol. The van der Waals surface area contributed by atoms with Crippen LogP contribution in [0.15, 0.2) is 11.4 Å². The number of nitrogens with one attached hydrogen (secondary N) is 1. The predicted molar refractivity (Wildman–Crippen MR) is 76.6 cm³/mol. The van der Waals surface area contributed by atoms with Crippen molar-refractivity contribution >= 4 is 17.2 Å². The second kappa shape index (κ2) is 6.03. The average Bonchev–Trinajstić information content (AvgIpc) is 2.72. The molecule has 0 saturated heterocycles. The molecule has 1 rings (SSSR count). The number of carbonyl (C=O) groups excluding carboxylic acids is 1. The molecule has 4 heteroatoms. The van der Waals surface area contributed by atoms with Crippen LogP contribution < -0.4 is 11.1 Å². The first-order chi connectivity index (χ1) is 8.36. The van der Waals surface area contributed by atoms with Crippen LogP contribution in [-0.2, 0) is 0 Å². The second-order valence-electron chi connectivity index (χ2n) is 5.23. The molecule has 0 saturated carbocycles. The monoisotopic (exact) mass is 264 g/mol. The largest absolute Gasteiger partial charge is 0.348 e.